The molecule has 7 nitrogen and oxygen atoms in total. The van der Waals surface area contributed by atoms with Crippen LogP contribution >= 0.6 is 0 Å². The molecule has 4 aromatic rings. The normalized spacial score (nSPS) is 11.5. The summed E-state index contributed by atoms with van der Waals surface area (Å²) in [6.45, 7) is 0. The molecule has 0 aliphatic rings. The van der Waals surface area contributed by atoms with Crippen LogP contribution in [0.3, 0.4) is 0 Å². The predicted octanol–water partition coefficient (Wildman–Crippen LogP) is 3.12. The third kappa shape index (κ3) is 3.15. The molecule has 0 radical (unpaired) electrons. The molecule has 0 unspecified atom stereocenters. The fourth-order valence-electron chi connectivity index (χ4n) is 3.05. The lowest BCUT2D eigenvalue weighted by Crippen LogP contribution is -2.12. The van der Waals surface area contributed by atoms with E-state index < -0.39 is 6.43 Å². The van der Waals surface area contributed by atoms with Gasteiger partial charge in [-0.2, -0.15) is 0 Å². The molecule has 28 heavy (non-hydrogen) atoms. The average Bonchev–Trinajstić information content (AvgIpc) is 3.08. The van der Waals surface area contributed by atoms with E-state index >= 15 is 0 Å². The van der Waals surface area contributed by atoms with Gasteiger partial charge in [0.05, 0.1) is 30.8 Å². The van der Waals surface area contributed by atoms with Gasteiger partial charge in [0, 0.05) is 30.4 Å². The highest BCUT2D eigenvalue weighted by atomic mass is 19.3. The minimum absolute atomic E-state index is 0.0882. The van der Waals surface area contributed by atoms with Crippen LogP contribution in [-0.4, -0.2) is 33.6 Å². The van der Waals surface area contributed by atoms with Gasteiger partial charge in [-0.3, -0.25) is 4.79 Å². The van der Waals surface area contributed by atoms with E-state index in [1.807, 2.05) is 0 Å². The number of alkyl halides is 2. The second-order valence-corrected chi connectivity index (χ2v) is 6.17. The number of benzene rings is 1. The first kappa shape index (κ1) is 17.9. The first-order valence-corrected chi connectivity index (χ1v) is 8.39. The van der Waals surface area contributed by atoms with Crippen LogP contribution in [-0.2, 0) is 6.42 Å². The van der Waals surface area contributed by atoms with Gasteiger partial charge in [-0.25, -0.2) is 18.7 Å². The number of halogens is 2. The van der Waals surface area contributed by atoms with Crippen molar-refractivity contribution in [3.63, 3.8) is 0 Å². The summed E-state index contributed by atoms with van der Waals surface area (Å²) in [5.41, 5.74) is 1.18. The van der Waals surface area contributed by atoms with Crippen LogP contribution in [0.25, 0.3) is 16.6 Å². The molecule has 0 fully saturated rings. The Balaban J connectivity index is 1.73. The fraction of sp³-hybridized carbons (Fsp3) is 0.211. The summed E-state index contributed by atoms with van der Waals surface area (Å²) < 4.78 is 37.7. The van der Waals surface area contributed by atoms with Crippen molar-refractivity contribution in [2.24, 2.45) is 0 Å². The van der Waals surface area contributed by atoms with E-state index in [0.29, 0.717) is 39.6 Å². The molecule has 0 bridgehead atoms. The second-order valence-electron chi connectivity index (χ2n) is 6.17. The van der Waals surface area contributed by atoms with E-state index in [9.17, 15) is 13.6 Å². The molecule has 3 aromatic heterocycles. The van der Waals surface area contributed by atoms with Gasteiger partial charge in [0.15, 0.2) is 11.5 Å². The van der Waals surface area contributed by atoms with Crippen molar-refractivity contribution in [1.82, 2.24) is 19.4 Å². The molecule has 0 aliphatic heterocycles. The topological polar surface area (TPSA) is 81.5 Å². The number of nitrogens with one attached hydrogen (secondary N) is 1. The van der Waals surface area contributed by atoms with E-state index in [4.69, 9.17) is 9.47 Å². The molecule has 144 valence electrons. The largest absolute Gasteiger partial charge is 0.493 e. The summed E-state index contributed by atoms with van der Waals surface area (Å²) in [5, 5.41) is 0.373. The number of pyridine rings is 1. The van der Waals surface area contributed by atoms with Crippen molar-refractivity contribution < 1.29 is 18.3 Å². The highest BCUT2D eigenvalue weighted by Crippen LogP contribution is 2.30. The Morgan fingerprint density at radius 1 is 1.11 bits per heavy atom. The zero-order valence-electron chi connectivity index (χ0n) is 15.1. The summed E-state index contributed by atoms with van der Waals surface area (Å²) in [6, 6.07) is 6.07. The summed E-state index contributed by atoms with van der Waals surface area (Å²) >= 11 is 0. The van der Waals surface area contributed by atoms with Gasteiger partial charge in [-0.05, 0) is 18.2 Å². The maximum Gasteiger partial charge on any atom is 0.265 e. The molecule has 0 saturated carbocycles. The molecular weight excluding hydrogens is 370 g/mol. The first-order valence-electron chi connectivity index (χ1n) is 8.39. The summed E-state index contributed by atoms with van der Waals surface area (Å²) in [5.74, 6) is 1.30. The molecule has 0 spiro atoms. The zero-order chi connectivity index (χ0) is 19.8. The third-order valence-electron chi connectivity index (χ3n) is 4.38. The number of aromatic amines is 1. The Morgan fingerprint density at radius 3 is 2.57 bits per heavy atom. The van der Waals surface area contributed by atoms with E-state index in [-0.39, 0.29) is 17.5 Å². The quantitative estimate of drug-likeness (QED) is 0.570. The van der Waals surface area contributed by atoms with Gasteiger partial charge >= 0.3 is 0 Å². The van der Waals surface area contributed by atoms with Crippen LogP contribution in [0.4, 0.5) is 8.78 Å². The van der Waals surface area contributed by atoms with Crippen LogP contribution in [0.1, 0.15) is 23.5 Å². The van der Waals surface area contributed by atoms with E-state index in [0.717, 1.165) is 0 Å². The first-order chi connectivity index (χ1) is 13.5. The number of hydrogen-bond donors (Lipinski definition) is 1. The zero-order valence-corrected chi connectivity index (χ0v) is 15.1. The van der Waals surface area contributed by atoms with Crippen LogP contribution in [0.2, 0.25) is 0 Å². The van der Waals surface area contributed by atoms with Gasteiger partial charge in [-0.1, -0.05) is 0 Å². The molecular formula is C19H16F2N4O3. The average molecular weight is 386 g/mol. The van der Waals surface area contributed by atoms with Gasteiger partial charge < -0.3 is 18.9 Å². The highest BCUT2D eigenvalue weighted by molar-refractivity contribution is 5.81. The molecule has 3 heterocycles. The SMILES string of the molecule is COc1cc2nc(Cc3cn4cc(C(F)F)ccc4n3)[nH]c(=O)c2cc1OC. The number of hydrogen-bond acceptors (Lipinski definition) is 5. The number of rotatable bonds is 5. The lowest BCUT2D eigenvalue weighted by molar-refractivity contribution is 0.151. The standard InChI is InChI=1S/C19H16F2N4O3/c1-27-14-6-12-13(7-15(14)28-2)23-16(24-19(12)26)5-11-9-25-8-10(18(20)21)3-4-17(25)22-11/h3-4,6-9,18H,5H2,1-2H3,(H,23,24,26). The molecule has 1 aromatic carbocycles. The third-order valence-corrected chi connectivity index (χ3v) is 4.38. The van der Waals surface area contributed by atoms with Gasteiger partial charge in [0.1, 0.15) is 11.5 Å². The molecule has 0 atom stereocenters. The van der Waals surface area contributed by atoms with Crippen LogP contribution < -0.4 is 15.0 Å². The van der Waals surface area contributed by atoms with Crippen LogP contribution in [0.5, 0.6) is 11.5 Å². The van der Waals surface area contributed by atoms with E-state index in [1.54, 1.807) is 18.3 Å². The molecule has 9 heteroatoms. The lowest BCUT2D eigenvalue weighted by Gasteiger charge is -2.09. The van der Waals surface area contributed by atoms with Crippen LogP contribution in [0.15, 0.2) is 41.5 Å². The maximum absolute atomic E-state index is 12.9. The number of H-pyrrole nitrogens is 1. The van der Waals surface area contributed by atoms with Gasteiger partial charge in [-0.15, -0.1) is 0 Å². The van der Waals surface area contributed by atoms with E-state index in [1.165, 1.54) is 36.9 Å². The minimum Gasteiger partial charge on any atom is -0.493 e. The number of nitrogens with zero attached hydrogens (tertiary/aromatic N) is 3. The molecule has 0 saturated heterocycles. The summed E-state index contributed by atoms with van der Waals surface area (Å²) in [6.07, 6.45) is 0.663. The Hall–Kier alpha value is -3.49. The molecule has 0 amide bonds. The van der Waals surface area contributed by atoms with E-state index in [2.05, 4.69) is 15.0 Å². The smallest absolute Gasteiger partial charge is 0.265 e. The number of fused-ring (bicyclic) bond motifs is 2. The van der Waals surface area contributed by atoms with Crippen molar-refractivity contribution in [1.29, 1.82) is 0 Å². The van der Waals surface area contributed by atoms with Crippen LogP contribution in [0, 0.1) is 0 Å². The Labute approximate surface area is 157 Å². The second kappa shape index (κ2) is 6.91. The molecule has 4 rings (SSSR count). The predicted molar refractivity (Wildman–Crippen MR) is 98.4 cm³/mol. The van der Waals surface area contributed by atoms with Crippen molar-refractivity contribution in [3.8, 4) is 11.5 Å². The number of methoxy groups -OCH3 is 2. The van der Waals surface area contributed by atoms with Crippen molar-refractivity contribution in [2.75, 3.05) is 14.2 Å². The lowest BCUT2D eigenvalue weighted by atomic mass is 10.2. The highest BCUT2D eigenvalue weighted by Gasteiger charge is 2.13. The Morgan fingerprint density at radius 2 is 1.86 bits per heavy atom. The molecule has 1 N–H and O–H groups in total. The molecule has 0 aliphatic carbocycles. The van der Waals surface area contributed by atoms with Crippen molar-refractivity contribution in [3.05, 3.63) is 64.1 Å². The number of aromatic nitrogens is 4. The minimum atomic E-state index is -2.55. The maximum atomic E-state index is 12.9. The fourth-order valence-corrected chi connectivity index (χ4v) is 3.05. The van der Waals surface area contributed by atoms with Gasteiger partial charge in [0.2, 0.25) is 0 Å². The Bertz CT molecular complexity index is 1230. The monoisotopic (exact) mass is 386 g/mol. The summed E-state index contributed by atoms with van der Waals surface area (Å²) in [7, 11) is 2.99. The number of ether oxygens (including phenoxy) is 2. The van der Waals surface area contributed by atoms with Crippen molar-refractivity contribution in [2.45, 2.75) is 12.8 Å². The number of imidazole rings is 1. The summed E-state index contributed by atoms with van der Waals surface area (Å²) in [4.78, 5) is 24.0. The van der Waals surface area contributed by atoms with Gasteiger partial charge in [0.25, 0.3) is 12.0 Å². The van der Waals surface area contributed by atoms with Crippen molar-refractivity contribution >= 4 is 16.6 Å². The Kier molecular flexibility index (Phi) is 4.42.